The third-order valence-corrected chi connectivity index (χ3v) is 2.65. The molecule has 1 nitrogen and oxygen atoms in total. The van der Waals surface area contributed by atoms with E-state index in [-0.39, 0.29) is 0 Å². The summed E-state index contributed by atoms with van der Waals surface area (Å²) in [6.07, 6.45) is 0. The normalized spacial score (nSPS) is 11.1. The first-order valence-electron chi connectivity index (χ1n) is 4.80. The van der Waals surface area contributed by atoms with Crippen molar-refractivity contribution in [2.24, 2.45) is 0 Å². The van der Waals surface area contributed by atoms with E-state index in [2.05, 4.69) is 43.1 Å². The number of hydrogen-bond donors (Lipinski definition) is 1. The van der Waals surface area contributed by atoms with Gasteiger partial charge in [-0.15, -0.1) is 0 Å². The number of pyridine rings is 1. The number of fused-ring (bicyclic) bond motifs is 1. The summed E-state index contributed by atoms with van der Waals surface area (Å²) >= 11 is 5.07. The average molecular weight is 203 g/mol. The van der Waals surface area contributed by atoms with Gasteiger partial charge in [-0.25, -0.2) is 0 Å². The van der Waals surface area contributed by atoms with Crippen molar-refractivity contribution in [3.8, 4) is 0 Å². The van der Waals surface area contributed by atoms with E-state index in [4.69, 9.17) is 12.2 Å². The fourth-order valence-corrected chi connectivity index (χ4v) is 1.71. The van der Waals surface area contributed by atoms with Crippen LogP contribution in [0.5, 0.6) is 0 Å². The Kier molecular flexibility index (Phi) is 2.38. The van der Waals surface area contributed by atoms with Gasteiger partial charge in [0.05, 0.1) is 0 Å². The highest BCUT2D eigenvalue weighted by Crippen LogP contribution is 2.19. The fraction of sp³-hybridized carbons (Fsp3) is 0.250. The van der Waals surface area contributed by atoms with Crippen LogP contribution in [0.15, 0.2) is 30.3 Å². The molecule has 2 aromatic rings. The van der Waals surface area contributed by atoms with E-state index in [1.54, 1.807) is 0 Å². The zero-order valence-electron chi connectivity index (χ0n) is 8.37. The Morgan fingerprint density at radius 1 is 1.14 bits per heavy atom. The van der Waals surface area contributed by atoms with Crippen LogP contribution < -0.4 is 0 Å². The van der Waals surface area contributed by atoms with Crippen molar-refractivity contribution in [3.05, 3.63) is 40.5 Å². The molecule has 0 unspecified atom stereocenters. The first-order valence-corrected chi connectivity index (χ1v) is 5.20. The van der Waals surface area contributed by atoms with Crippen LogP contribution in [-0.4, -0.2) is 4.98 Å². The van der Waals surface area contributed by atoms with Crippen LogP contribution in [0.2, 0.25) is 0 Å². The molecule has 0 aliphatic carbocycles. The second-order valence-electron chi connectivity index (χ2n) is 3.82. The van der Waals surface area contributed by atoms with Gasteiger partial charge in [0.25, 0.3) is 0 Å². The van der Waals surface area contributed by atoms with Crippen molar-refractivity contribution >= 4 is 23.1 Å². The van der Waals surface area contributed by atoms with E-state index < -0.39 is 0 Å². The molecule has 0 spiro atoms. The lowest BCUT2D eigenvalue weighted by Crippen LogP contribution is -1.87. The van der Waals surface area contributed by atoms with Crippen LogP contribution in [0.1, 0.15) is 25.3 Å². The van der Waals surface area contributed by atoms with Crippen LogP contribution in [-0.2, 0) is 0 Å². The zero-order valence-corrected chi connectivity index (χ0v) is 9.19. The van der Waals surface area contributed by atoms with Crippen molar-refractivity contribution in [1.82, 2.24) is 4.98 Å². The predicted molar refractivity (Wildman–Crippen MR) is 63.2 cm³/mol. The van der Waals surface area contributed by atoms with Gasteiger partial charge in [0.15, 0.2) is 0 Å². The molecule has 2 rings (SSSR count). The largest absolute Gasteiger partial charge is 0.346 e. The van der Waals surface area contributed by atoms with Gasteiger partial charge in [-0.2, -0.15) is 0 Å². The van der Waals surface area contributed by atoms with Crippen molar-refractivity contribution < 1.29 is 0 Å². The van der Waals surface area contributed by atoms with E-state index in [0.717, 1.165) is 10.2 Å². The number of aromatic nitrogens is 1. The number of H-pyrrole nitrogens is 1. The van der Waals surface area contributed by atoms with E-state index in [9.17, 15) is 0 Å². The van der Waals surface area contributed by atoms with Gasteiger partial charge >= 0.3 is 0 Å². The maximum Gasteiger partial charge on any atom is 0.103 e. The third kappa shape index (κ3) is 1.70. The van der Waals surface area contributed by atoms with Crippen LogP contribution in [0.4, 0.5) is 0 Å². The molecular formula is C12H13NS. The number of nitrogens with one attached hydrogen (secondary N) is 1. The molecule has 0 saturated heterocycles. The highest BCUT2D eigenvalue weighted by Gasteiger charge is 1.99. The predicted octanol–water partition coefficient (Wildman–Crippen LogP) is 4.02. The lowest BCUT2D eigenvalue weighted by molar-refractivity contribution is 0.868. The molecule has 0 radical (unpaired) electrons. The molecule has 0 aliphatic rings. The molecule has 1 aromatic heterocycles. The first-order chi connectivity index (χ1) is 6.66. The Morgan fingerprint density at radius 2 is 1.93 bits per heavy atom. The summed E-state index contributed by atoms with van der Waals surface area (Å²) in [6, 6.07) is 10.5. The summed E-state index contributed by atoms with van der Waals surface area (Å²) < 4.78 is 0.787. The Balaban J connectivity index is 2.67. The second kappa shape index (κ2) is 3.54. The number of rotatable bonds is 1. The molecule has 0 saturated carbocycles. The van der Waals surface area contributed by atoms with Crippen molar-refractivity contribution in [1.29, 1.82) is 0 Å². The van der Waals surface area contributed by atoms with Gasteiger partial charge < -0.3 is 4.98 Å². The van der Waals surface area contributed by atoms with E-state index in [1.165, 1.54) is 10.9 Å². The monoisotopic (exact) mass is 203 g/mol. The molecule has 72 valence electrons. The molecule has 2 heteroatoms. The highest BCUT2D eigenvalue weighted by molar-refractivity contribution is 7.71. The maximum absolute atomic E-state index is 5.07. The Morgan fingerprint density at radius 3 is 2.64 bits per heavy atom. The van der Waals surface area contributed by atoms with Gasteiger partial charge in [-0.3, -0.25) is 0 Å². The molecule has 0 amide bonds. The molecule has 1 N–H and O–H groups in total. The third-order valence-electron chi connectivity index (χ3n) is 2.41. The summed E-state index contributed by atoms with van der Waals surface area (Å²) in [5, 5.41) is 1.23. The maximum atomic E-state index is 5.07. The lowest BCUT2D eigenvalue weighted by Gasteiger charge is -2.06. The Hall–Kier alpha value is -1.15. The minimum atomic E-state index is 0.572. The minimum absolute atomic E-state index is 0.572. The van der Waals surface area contributed by atoms with Gasteiger partial charge in [0.1, 0.15) is 4.64 Å². The fourth-order valence-electron chi connectivity index (χ4n) is 1.53. The van der Waals surface area contributed by atoms with Crippen LogP contribution >= 0.6 is 12.2 Å². The number of hydrogen-bond acceptors (Lipinski definition) is 1. The summed E-state index contributed by atoms with van der Waals surface area (Å²) in [6.45, 7) is 4.40. The zero-order chi connectivity index (χ0) is 10.1. The summed E-state index contributed by atoms with van der Waals surface area (Å²) in [5.74, 6) is 0.572. The van der Waals surface area contributed by atoms with Crippen molar-refractivity contribution in [2.75, 3.05) is 0 Å². The smallest absolute Gasteiger partial charge is 0.103 e. The molecule has 1 heterocycles. The minimum Gasteiger partial charge on any atom is -0.346 e. The molecule has 0 bridgehead atoms. The first kappa shape index (κ1) is 9.41. The quantitative estimate of drug-likeness (QED) is 0.692. The number of aromatic amines is 1. The average Bonchev–Trinajstić information content (AvgIpc) is 2.16. The van der Waals surface area contributed by atoms with E-state index >= 15 is 0 Å². The molecule has 1 aromatic carbocycles. The SMILES string of the molecule is CC(C)c1ccc2[nH]c(=S)ccc2c1. The molecule has 0 fully saturated rings. The Labute approximate surface area is 88.8 Å². The second-order valence-corrected chi connectivity index (χ2v) is 4.26. The van der Waals surface area contributed by atoms with Crippen LogP contribution in [0, 0.1) is 4.64 Å². The molecule has 0 aliphatic heterocycles. The highest BCUT2D eigenvalue weighted by atomic mass is 32.1. The van der Waals surface area contributed by atoms with E-state index in [0.29, 0.717) is 5.92 Å². The topological polar surface area (TPSA) is 15.8 Å². The van der Waals surface area contributed by atoms with Crippen LogP contribution in [0.25, 0.3) is 10.9 Å². The van der Waals surface area contributed by atoms with Gasteiger partial charge in [0, 0.05) is 5.52 Å². The molecule has 0 atom stereocenters. The summed E-state index contributed by atoms with van der Waals surface area (Å²) in [5.41, 5.74) is 2.48. The van der Waals surface area contributed by atoms with Gasteiger partial charge in [-0.05, 0) is 41.1 Å². The molecule has 14 heavy (non-hydrogen) atoms. The van der Waals surface area contributed by atoms with Gasteiger partial charge in [-0.1, -0.05) is 32.1 Å². The lowest BCUT2D eigenvalue weighted by atomic mass is 10.0. The van der Waals surface area contributed by atoms with E-state index in [1.807, 2.05) is 6.07 Å². The summed E-state index contributed by atoms with van der Waals surface area (Å²) in [4.78, 5) is 3.17. The standard InChI is InChI=1S/C12H13NS/c1-8(2)9-3-5-11-10(7-9)4-6-12(14)13-11/h3-8H,1-2H3,(H,13,14). The van der Waals surface area contributed by atoms with Crippen LogP contribution in [0.3, 0.4) is 0 Å². The Bertz CT molecular complexity index is 511. The van der Waals surface area contributed by atoms with Crippen molar-refractivity contribution in [3.63, 3.8) is 0 Å². The number of benzene rings is 1. The summed E-state index contributed by atoms with van der Waals surface area (Å²) in [7, 11) is 0. The van der Waals surface area contributed by atoms with Crippen molar-refractivity contribution in [2.45, 2.75) is 19.8 Å². The molecular weight excluding hydrogens is 190 g/mol. The van der Waals surface area contributed by atoms with Gasteiger partial charge in [0.2, 0.25) is 0 Å².